The summed E-state index contributed by atoms with van der Waals surface area (Å²) in [6.07, 6.45) is 0.406. The van der Waals surface area contributed by atoms with Crippen molar-refractivity contribution in [3.8, 4) is 0 Å². The summed E-state index contributed by atoms with van der Waals surface area (Å²) < 4.78 is 0. The summed E-state index contributed by atoms with van der Waals surface area (Å²) in [5.41, 5.74) is 6.17. The second-order valence-electron chi connectivity index (χ2n) is 3.42. The molecule has 0 aromatic heterocycles. The zero-order chi connectivity index (χ0) is 9.14. The van der Waals surface area contributed by atoms with E-state index < -0.39 is 0 Å². The molecule has 0 saturated heterocycles. The maximum absolute atomic E-state index is 11.2. The summed E-state index contributed by atoms with van der Waals surface area (Å²) in [5, 5.41) is 5.62. The van der Waals surface area contributed by atoms with Crippen LogP contribution >= 0.6 is 0 Å². The first kappa shape index (κ1) is 9.19. The number of hydrogen-bond donors (Lipinski definition) is 1. The lowest BCUT2D eigenvalue weighted by Gasteiger charge is -2.13. The number of nitrogens with zero attached hydrogens (tertiary/aromatic N) is 2. The third-order valence-corrected chi connectivity index (χ3v) is 1.68. The van der Waals surface area contributed by atoms with Crippen molar-refractivity contribution >= 4 is 11.6 Å². The Morgan fingerprint density at radius 1 is 1.67 bits per heavy atom. The van der Waals surface area contributed by atoms with Gasteiger partial charge in [-0.15, -0.1) is 0 Å². The maximum Gasteiger partial charge on any atom is 0.248 e. The molecule has 0 aromatic rings. The van der Waals surface area contributed by atoms with Gasteiger partial charge in [-0.3, -0.25) is 4.79 Å². The van der Waals surface area contributed by atoms with Crippen LogP contribution in [0, 0.1) is 5.92 Å². The zero-order valence-electron chi connectivity index (χ0n) is 7.58. The molecule has 68 valence electrons. The van der Waals surface area contributed by atoms with Crippen LogP contribution in [-0.2, 0) is 4.79 Å². The average molecular weight is 169 g/mol. The summed E-state index contributed by atoms with van der Waals surface area (Å²) >= 11 is 0. The summed E-state index contributed by atoms with van der Waals surface area (Å²) in [6.45, 7) is 5.20. The normalized spacial score (nSPS) is 17.5. The molecular formula is C8H15N3O. The van der Waals surface area contributed by atoms with E-state index >= 15 is 0 Å². The molecule has 0 spiro atoms. The van der Waals surface area contributed by atoms with Crippen molar-refractivity contribution in [1.29, 1.82) is 0 Å². The Morgan fingerprint density at radius 3 is 2.75 bits per heavy atom. The van der Waals surface area contributed by atoms with Crippen LogP contribution in [-0.4, -0.2) is 29.7 Å². The molecule has 4 nitrogen and oxygen atoms in total. The van der Waals surface area contributed by atoms with E-state index in [0.717, 1.165) is 5.71 Å². The first-order valence-electron chi connectivity index (χ1n) is 4.20. The van der Waals surface area contributed by atoms with Crippen molar-refractivity contribution in [3.63, 3.8) is 0 Å². The highest BCUT2D eigenvalue weighted by Gasteiger charge is 2.22. The molecule has 2 N–H and O–H groups in total. The van der Waals surface area contributed by atoms with Crippen molar-refractivity contribution in [1.82, 2.24) is 5.01 Å². The largest absolute Gasteiger partial charge is 0.325 e. The molecule has 0 atom stereocenters. The molecule has 1 aliphatic rings. The Kier molecular flexibility index (Phi) is 2.81. The Balaban J connectivity index is 2.54. The third-order valence-electron chi connectivity index (χ3n) is 1.68. The van der Waals surface area contributed by atoms with Gasteiger partial charge in [-0.1, -0.05) is 13.8 Å². The molecule has 0 unspecified atom stereocenters. The Hall–Kier alpha value is -0.900. The van der Waals surface area contributed by atoms with Crippen molar-refractivity contribution < 1.29 is 4.79 Å². The molecule has 1 amide bonds. The molecule has 1 heterocycles. The second-order valence-corrected chi connectivity index (χ2v) is 3.42. The monoisotopic (exact) mass is 169 g/mol. The number of hydrazone groups is 1. The van der Waals surface area contributed by atoms with Crippen molar-refractivity contribution in [3.05, 3.63) is 0 Å². The minimum absolute atomic E-state index is 0.0733. The number of carbonyl (C=O) groups excluding carboxylic acids is 1. The summed E-state index contributed by atoms with van der Waals surface area (Å²) in [6, 6.07) is 0. The summed E-state index contributed by atoms with van der Waals surface area (Å²) in [7, 11) is 0. The molecule has 0 fully saturated rings. The minimum atomic E-state index is 0.0733. The predicted octanol–water partition coefficient (Wildman–Crippen LogP) is 0.189. The van der Waals surface area contributed by atoms with E-state index in [4.69, 9.17) is 5.73 Å². The van der Waals surface area contributed by atoms with Crippen molar-refractivity contribution in [2.24, 2.45) is 16.8 Å². The Bertz CT molecular complexity index is 210. The number of hydrogen-bond acceptors (Lipinski definition) is 3. The first-order chi connectivity index (χ1) is 5.63. The van der Waals surface area contributed by atoms with Gasteiger partial charge in [0.25, 0.3) is 0 Å². The number of rotatable bonds is 3. The summed E-state index contributed by atoms with van der Waals surface area (Å²) in [4.78, 5) is 11.2. The molecular weight excluding hydrogens is 154 g/mol. The van der Waals surface area contributed by atoms with Gasteiger partial charge in [0.05, 0.1) is 12.1 Å². The second kappa shape index (κ2) is 3.67. The number of nitrogens with two attached hydrogens (primary N) is 1. The highest BCUT2D eigenvalue weighted by molar-refractivity contribution is 6.05. The molecule has 0 aliphatic carbocycles. The van der Waals surface area contributed by atoms with Gasteiger partial charge in [0.2, 0.25) is 5.91 Å². The summed E-state index contributed by atoms with van der Waals surface area (Å²) in [5.74, 6) is 0.527. The Morgan fingerprint density at radius 2 is 2.33 bits per heavy atom. The topological polar surface area (TPSA) is 58.7 Å². The van der Waals surface area contributed by atoms with E-state index in [9.17, 15) is 4.79 Å². The molecule has 1 aliphatic heterocycles. The van der Waals surface area contributed by atoms with Gasteiger partial charge in [-0.05, 0) is 5.92 Å². The van der Waals surface area contributed by atoms with Crippen LogP contribution in [0.3, 0.4) is 0 Å². The van der Waals surface area contributed by atoms with Crippen LogP contribution in [0.5, 0.6) is 0 Å². The fourth-order valence-corrected chi connectivity index (χ4v) is 1.13. The van der Waals surface area contributed by atoms with Gasteiger partial charge in [-0.2, -0.15) is 5.10 Å². The molecule has 0 aromatic carbocycles. The van der Waals surface area contributed by atoms with Crippen LogP contribution in [0.2, 0.25) is 0 Å². The lowest BCUT2D eigenvalue weighted by Crippen LogP contribution is -2.24. The lowest BCUT2D eigenvalue weighted by atomic mass is 10.2. The Labute approximate surface area is 72.4 Å². The fourth-order valence-electron chi connectivity index (χ4n) is 1.13. The van der Waals surface area contributed by atoms with Gasteiger partial charge in [0, 0.05) is 13.1 Å². The number of amides is 1. The molecule has 4 heteroatoms. The molecule has 0 radical (unpaired) electrons. The van der Waals surface area contributed by atoms with E-state index in [-0.39, 0.29) is 5.91 Å². The SMILES string of the molecule is CC(C)CN1N=C(CN)CC1=O. The van der Waals surface area contributed by atoms with Crippen LogP contribution in [0.1, 0.15) is 20.3 Å². The van der Waals surface area contributed by atoms with Crippen LogP contribution < -0.4 is 5.73 Å². The van der Waals surface area contributed by atoms with E-state index in [0.29, 0.717) is 25.4 Å². The zero-order valence-corrected chi connectivity index (χ0v) is 7.58. The molecule has 0 bridgehead atoms. The van der Waals surface area contributed by atoms with Crippen molar-refractivity contribution in [2.45, 2.75) is 20.3 Å². The van der Waals surface area contributed by atoms with E-state index in [1.165, 1.54) is 5.01 Å². The standard InChI is InChI=1S/C8H15N3O/c1-6(2)5-11-8(12)3-7(4-9)10-11/h6H,3-5,9H2,1-2H3. The van der Waals surface area contributed by atoms with Gasteiger partial charge < -0.3 is 5.73 Å². The number of carbonyl (C=O) groups is 1. The minimum Gasteiger partial charge on any atom is -0.325 e. The fraction of sp³-hybridized carbons (Fsp3) is 0.750. The van der Waals surface area contributed by atoms with Crippen LogP contribution in [0.25, 0.3) is 0 Å². The third kappa shape index (κ3) is 2.04. The van der Waals surface area contributed by atoms with E-state index in [2.05, 4.69) is 18.9 Å². The smallest absolute Gasteiger partial charge is 0.248 e. The molecule has 1 rings (SSSR count). The van der Waals surface area contributed by atoms with Crippen LogP contribution in [0.15, 0.2) is 5.10 Å². The quantitative estimate of drug-likeness (QED) is 0.655. The van der Waals surface area contributed by atoms with E-state index in [1.54, 1.807) is 0 Å². The average Bonchev–Trinajstić information content (AvgIpc) is 2.31. The first-order valence-corrected chi connectivity index (χ1v) is 4.20. The van der Waals surface area contributed by atoms with Gasteiger partial charge in [0.15, 0.2) is 0 Å². The highest BCUT2D eigenvalue weighted by Crippen LogP contribution is 2.09. The van der Waals surface area contributed by atoms with Crippen LogP contribution in [0.4, 0.5) is 0 Å². The molecule has 0 saturated carbocycles. The predicted molar refractivity (Wildman–Crippen MR) is 47.7 cm³/mol. The molecule has 12 heavy (non-hydrogen) atoms. The lowest BCUT2D eigenvalue weighted by molar-refractivity contribution is -0.129. The van der Waals surface area contributed by atoms with Gasteiger partial charge in [-0.25, -0.2) is 5.01 Å². The highest BCUT2D eigenvalue weighted by atomic mass is 16.2. The maximum atomic E-state index is 11.2. The van der Waals surface area contributed by atoms with Gasteiger partial charge in [0.1, 0.15) is 0 Å². The van der Waals surface area contributed by atoms with E-state index in [1.807, 2.05) is 0 Å². The van der Waals surface area contributed by atoms with Gasteiger partial charge >= 0.3 is 0 Å². The van der Waals surface area contributed by atoms with Crippen molar-refractivity contribution in [2.75, 3.05) is 13.1 Å².